The third-order valence-corrected chi connectivity index (χ3v) is 3.89. The molecular formula is C12H13ClN2O3S. The number of halogens is 1. The van der Waals surface area contributed by atoms with Crippen molar-refractivity contribution in [3.8, 4) is 27.8 Å². The average molecular weight is 301 g/mol. The zero-order valence-electron chi connectivity index (χ0n) is 10.8. The number of aromatic nitrogens is 2. The van der Waals surface area contributed by atoms with Crippen LogP contribution in [-0.4, -0.2) is 31.5 Å². The molecule has 0 atom stereocenters. The lowest BCUT2D eigenvalue weighted by Crippen LogP contribution is -1.94. The topological polar surface area (TPSA) is 53.5 Å². The Morgan fingerprint density at radius 3 is 2.16 bits per heavy atom. The van der Waals surface area contributed by atoms with Gasteiger partial charge in [-0.3, -0.25) is 0 Å². The summed E-state index contributed by atoms with van der Waals surface area (Å²) >= 11 is 7.16. The molecule has 0 radical (unpaired) electrons. The quantitative estimate of drug-likeness (QED) is 0.795. The summed E-state index contributed by atoms with van der Waals surface area (Å²) in [4.78, 5) is 0. The maximum absolute atomic E-state index is 5.74. The Balaban J connectivity index is 2.54. The molecule has 102 valence electrons. The van der Waals surface area contributed by atoms with Crippen LogP contribution < -0.4 is 14.2 Å². The van der Waals surface area contributed by atoms with E-state index in [1.807, 2.05) is 6.07 Å². The first-order valence-corrected chi connectivity index (χ1v) is 6.77. The highest BCUT2D eigenvalue weighted by Crippen LogP contribution is 2.40. The van der Waals surface area contributed by atoms with Gasteiger partial charge >= 0.3 is 0 Å². The van der Waals surface area contributed by atoms with Crippen molar-refractivity contribution in [1.82, 2.24) is 10.2 Å². The molecule has 2 rings (SSSR count). The van der Waals surface area contributed by atoms with E-state index in [9.17, 15) is 0 Å². The smallest absolute Gasteiger partial charge is 0.164 e. The molecule has 1 aromatic heterocycles. The molecular weight excluding hydrogens is 288 g/mol. The molecule has 0 aliphatic heterocycles. The van der Waals surface area contributed by atoms with Crippen LogP contribution in [0.25, 0.3) is 10.6 Å². The first kappa shape index (κ1) is 13.9. The highest BCUT2D eigenvalue weighted by Gasteiger charge is 2.16. The summed E-state index contributed by atoms with van der Waals surface area (Å²) in [6.45, 7) is 0. The third kappa shape index (κ3) is 2.74. The van der Waals surface area contributed by atoms with Gasteiger partial charge < -0.3 is 14.2 Å². The number of ether oxygens (including phenoxy) is 3. The fourth-order valence-corrected chi connectivity index (χ4v) is 2.54. The Labute approximate surface area is 120 Å². The first-order valence-electron chi connectivity index (χ1n) is 5.42. The van der Waals surface area contributed by atoms with Crippen LogP contribution in [0, 0.1) is 0 Å². The van der Waals surface area contributed by atoms with Gasteiger partial charge in [-0.05, 0) is 6.07 Å². The predicted molar refractivity (Wildman–Crippen MR) is 74.6 cm³/mol. The second kappa shape index (κ2) is 6.08. The second-order valence-corrected chi connectivity index (χ2v) is 4.87. The van der Waals surface area contributed by atoms with Gasteiger partial charge in [0.15, 0.2) is 16.5 Å². The van der Waals surface area contributed by atoms with Gasteiger partial charge in [-0.1, -0.05) is 11.3 Å². The molecule has 19 heavy (non-hydrogen) atoms. The number of rotatable bonds is 5. The molecule has 5 nitrogen and oxygen atoms in total. The molecule has 0 spiro atoms. The van der Waals surface area contributed by atoms with E-state index in [0.29, 0.717) is 23.1 Å². The average Bonchev–Trinajstić information content (AvgIpc) is 2.94. The summed E-state index contributed by atoms with van der Waals surface area (Å²) in [5.74, 6) is 2.20. The van der Waals surface area contributed by atoms with Crippen LogP contribution in [0.2, 0.25) is 0 Å². The highest BCUT2D eigenvalue weighted by molar-refractivity contribution is 7.14. The van der Waals surface area contributed by atoms with Crippen LogP contribution in [0.5, 0.6) is 17.2 Å². The Kier molecular flexibility index (Phi) is 4.44. The van der Waals surface area contributed by atoms with Crippen molar-refractivity contribution in [1.29, 1.82) is 0 Å². The molecule has 0 amide bonds. The molecule has 1 heterocycles. The largest absolute Gasteiger partial charge is 0.496 e. The van der Waals surface area contributed by atoms with Crippen LogP contribution in [-0.2, 0) is 5.88 Å². The molecule has 0 saturated heterocycles. The van der Waals surface area contributed by atoms with E-state index in [1.165, 1.54) is 11.3 Å². The van der Waals surface area contributed by atoms with Crippen molar-refractivity contribution in [2.75, 3.05) is 21.3 Å². The van der Waals surface area contributed by atoms with Gasteiger partial charge in [0, 0.05) is 6.07 Å². The minimum absolute atomic E-state index is 0.341. The van der Waals surface area contributed by atoms with Gasteiger partial charge in [0.25, 0.3) is 0 Å². The van der Waals surface area contributed by atoms with Crippen molar-refractivity contribution in [2.24, 2.45) is 0 Å². The van der Waals surface area contributed by atoms with Gasteiger partial charge in [-0.15, -0.1) is 21.8 Å². The van der Waals surface area contributed by atoms with Gasteiger partial charge in [0.1, 0.15) is 10.8 Å². The second-order valence-electron chi connectivity index (χ2n) is 3.54. The van der Waals surface area contributed by atoms with E-state index in [0.717, 1.165) is 15.6 Å². The summed E-state index contributed by atoms with van der Waals surface area (Å²) in [5, 5.41) is 9.59. The van der Waals surface area contributed by atoms with E-state index in [-0.39, 0.29) is 0 Å². The molecule has 0 saturated carbocycles. The Hall–Kier alpha value is -1.53. The molecule has 0 fully saturated rings. The SMILES string of the molecule is COc1cc(OC)c(-c2nnc(CCl)s2)cc1OC. The minimum atomic E-state index is 0.341. The van der Waals surface area contributed by atoms with Crippen LogP contribution in [0.1, 0.15) is 5.01 Å². The maximum Gasteiger partial charge on any atom is 0.164 e. The fraction of sp³-hybridized carbons (Fsp3) is 0.333. The highest BCUT2D eigenvalue weighted by atomic mass is 35.5. The number of methoxy groups -OCH3 is 3. The summed E-state index contributed by atoms with van der Waals surface area (Å²) < 4.78 is 15.9. The zero-order valence-corrected chi connectivity index (χ0v) is 12.3. The number of benzene rings is 1. The summed E-state index contributed by atoms with van der Waals surface area (Å²) in [5.41, 5.74) is 0.800. The molecule has 1 aromatic carbocycles. The Morgan fingerprint density at radius 2 is 1.63 bits per heavy atom. The van der Waals surface area contributed by atoms with Gasteiger partial charge in [0.2, 0.25) is 0 Å². The first-order chi connectivity index (χ1) is 9.23. The van der Waals surface area contributed by atoms with Crippen molar-refractivity contribution in [3.05, 3.63) is 17.1 Å². The van der Waals surface area contributed by atoms with Gasteiger partial charge in [-0.25, -0.2) is 0 Å². The van der Waals surface area contributed by atoms with Crippen LogP contribution in [0.15, 0.2) is 12.1 Å². The van der Waals surface area contributed by atoms with E-state index in [4.69, 9.17) is 25.8 Å². The van der Waals surface area contributed by atoms with Crippen molar-refractivity contribution in [2.45, 2.75) is 5.88 Å². The Bertz CT molecular complexity index is 574. The lowest BCUT2D eigenvalue weighted by molar-refractivity contribution is 0.349. The molecule has 0 aliphatic carbocycles. The van der Waals surface area contributed by atoms with Crippen molar-refractivity contribution in [3.63, 3.8) is 0 Å². The van der Waals surface area contributed by atoms with E-state index >= 15 is 0 Å². The number of hydrogen-bond donors (Lipinski definition) is 0. The number of nitrogens with zero attached hydrogens (tertiary/aromatic N) is 2. The van der Waals surface area contributed by atoms with Gasteiger partial charge in [-0.2, -0.15) is 0 Å². The van der Waals surface area contributed by atoms with E-state index < -0.39 is 0 Å². The maximum atomic E-state index is 5.74. The molecule has 7 heteroatoms. The van der Waals surface area contributed by atoms with Crippen LogP contribution >= 0.6 is 22.9 Å². The molecule has 0 N–H and O–H groups in total. The minimum Gasteiger partial charge on any atom is -0.496 e. The lowest BCUT2D eigenvalue weighted by Gasteiger charge is -2.12. The lowest BCUT2D eigenvalue weighted by atomic mass is 10.2. The number of alkyl halides is 1. The standard InChI is InChI=1S/C12H13ClN2O3S/c1-16-8-5-10(18-3)9(17-2)4-7(8)12-15-14-11(6-13)19-12/h4-5H,6H2,1-3H3. The predicted octanol–water partition coefficient (Wildman–Crippen LogP) is 2.97. The Morgan fingerprint density at radius 1 is 1.00 bits per heavy atom. The molecule has 0 aliphatic rings. The van der Waals surface area contributed by atoms with Crippen LogP contribution in [0.3, 0.4) is 0 Å². The van der Waals surface area contributed by atoms with E-state index in [2.05, 4.69) is 10.2 Å². The van der Waals surface area contributed by atoms with Crippen molar-refractivity contribution < 1.29 is 14.2 Å². The van der Waals surface area contributed by atoms with E-state index in [1.54, 1.807) is 27.4 Å². The molecule has 0 bridgehead atoms. The fourth-order valence-electron chi connectivity index (χ4n) is 1.61. The number of hydrogen-bond acceptors (Lipinski definition) is 6. The zero-order chi connectivity index (χ0) is 13.8. The van der Waals surface area contributed by atoms with Crippen LogP contribution in [0.4, 0.5) is 0 Å². The third-order valence-electron chi connectivity index (χ3n) is 2.52. The summed E-state index contributed by atoms with van der Waals surface area (Å²) in [7, 11) is 4.75. The molecule has 2 aromatic rings. The normalized spacial score (nSPS) is 10.3. The van der Waals surface area contributed by atoms with Gasteiger partial charge in [0.05, 0.1) is 32.8 Å². The van der Waals surface area contributed by atoms with Crippen molar-refractivity contribution >= 4 is 22.9 Å². The summed E-state index contributed by atoms with van der Waals surface area (Å²) in [6, 6.07) is 3.58. The monoisotopic (exact) mass is 300 g/mol. The summed E-state index contributed by atoms with van der Waals surface area (Å²) in [6.07, 6.45) is 0. The molecule has 0 unspecified atom stereocenters.